The Hall–Kier alpha value is -1.94. The van der Waals surface area contributed by atoms with Crippen molar-refractivity contribution < 1.29 is 80.2 Å². The summed E-state index contributed by atoms with van der Waals surface area (Å²) in [6.45, 7) is 14.2. The molecule has 0 aliphatic carbocycles. The molecule has 0 heterocycles. The Morgan fingerprint density at radius 2 is 0.500 bits per heavy atom. The van der Waals surface area contributed by atoms with Crippen LogP contribution in [-0.4, -0.2) is 96.7 Å². The summed E-state index contributed by atoms with van der Waals surface area (Å²) < 4.78 is 68.5. The molecule has 0 spiro atoms. The molecule has 17 nitrogen and oxygen atoms in total. The van der Waals surface area contributed by atoms with Crippen LogP contribution in [0, 0.1) is 23.7 Å². The summed E-state index contributed by atoms with van der Waals surface area (Å²) in [5.74, 6) is 0.914. The van der Waals surface area contributed by atoms with Crippen LogP contribution in [0.15, 0.2) is 0 Å². The second kappa shape index (κ2) is 66.3. The van der Waals surface area contributed by atoms with E-state index in [-0.39, 0.29) is 25.7 Å². The van der Waals surface area contributed by atoms with Gasteiger partial charge in [-0.2, -0.15) is 0 Å². The second-order valence-corrected chi connectivity index (χ2v) is 32.3. The summed E-state index contributed by atoms with van der Waals surface area (Å²) in [6, 6.07) is 0. The molecule has 0 radical (unpaired) electrons. The van der Waals surface area contributed by atoms with Crippen LogP contribution >= 0.6 is 15.6 Å². The minimum Gasteiger partial charge on any atom is -0.462 e. The highest BCUT2D eigenvalue weighted by Gasteiger charge is 2.30. The SMILES string of the molecule is CCC(C)CCCCCCCCCCC(=O)O[C@H](COC(=O)CCCCCCCCCCCCCCCCCCCCC(C)C)COP(=O)(O)OC[C@@H](O)COP(=O)(O)OC[C@@H](COC(=O)CCCCCCCCC(C)C)OC(=O)CCCCCCCCCCCCCC(C)C. The van der Waals surface area contributed by atoms with E-state index in [9.17, 15) is 43.2 Å². The van der Waals surface area contributed by atoms with Gasteiger partial charge in [0.15, 0.2) is 12.2 Å². The molecule has 19 heteroatoms. The molecule has 0 aromatic rings. The lowest BCUT2D eigenvalue weighted by Gasteiger charge is -2.21. The van der Waals surface area contributed by atoms with Crippen LogP contribution in [0.2, 0.25) is 0 Å². The number of carbonyl (C=O) groups is 4. The molecule has 96 heavy (non-hydrogen) atoms. The van der Waals surface area contributed by atoms with Crippen molar-refractivity contribution in [1.29, 1.82) is 0 Å². The normalized spacial score (nSPS) is 14.4. The van der Waals surface area contributed by atoms with Crippen LogP contribution in [0.25, 0.3) is 0 Å². The number of phosphoric acid groups is 2. The number of aliphatic hydroxyl groups is 1. The van der Waals surface area contributed by atoms with Crippen LogP contribution in [0.3, 0.4) is 0 Å². The van der Waals surface area contributed by atoms with E-state index in [0.717, 1.165) is 114 Å². The smallest absolute Gasteiger partial charge is 0.462 e. The lowest BCUT2D eigenvalue weighted by atomic mass is 9.99. The van der Waals surface area contributed by atoms with Gasteiger partial charge in [0.1, 0.15) is 19.3 Å². The van der Waals surface area contributed by atoms with E-state index < -0.39 is 97.5 Å². The Bertz CT molecular complexity index is 1890. The van der Waals surface area contributed by atoms with Gasteiger partial charge in [-0.05, 0) is 49.4 Å². The maximum absolute atomic E-state index is 13.1. The lowest BCUT2D eigenvalue weighted by molar-refractivity contribution is -0.161. The monoisotopic (exact) mass is 1410 g/mol. The third-order valence-corrected chi connectivity index (χ3v) is 20.1. The molecule has 570 valence electrons. The molecule has 0 saturated carbocycles. The Morgan fingerprint density at radius 3 is 0.740 bits per heavy atom. The molecule has 0 rings (SSSR count). The summed E-state index contributed by atoms with van der Waals surface area (Å²) in [5.41, 5.74) is 0. The number of unbranched alkanes of at least 4 members (excludes halogenated alkanes) is 39. The van der Waals surface area contributed by atoms with E-state index in [1.807, 2.05) is 0 Å². The lowest BCUT2D eigenvalue weighted by Crippen LogP contribution is -2.30. The zero-order chi connectivity index (χ0) is 71.0. The van der Waals surface area contributed by atoms with Crippen molar-refractivity contribution in [2.75, 3.05) is 39.6 Å². The van der Waals surface area contributed by atoms with E-state index >= 15 is 0 Å². The largest absolute Gasteiger partial charge is 0.472 e. The fourth-order valence-electron chi connectivity index (χ4n) is 11.7. The number of phosphoric ester groups is 2. The summed E-state index contributed by atoms with van der Waals surface area (Å²) in [7, 11) is -9.91. The zero-order valence-electron chi connectivity index (χ0n) is 63.0. The quantitative estimate of drug-likeness (QED) is 0.0222. The molecule has 0 aromatic carbocycles. The van der Waals surface area contributed by atoms with Crippen LogP contribution < -0.4 is 0 Å². The second-order valence-electron chi connectivity index (χ2n) is 29.4. The van der Waals surface area contributed by atoms with Gasteiger partial charge in [-0.3, -0.25) is 37.3 Å². The number of aliphatic hydroxyl groups excluding tert-OH is 1. The van der Waals surface area contributed by atoms with E-state index in [1.165, 1.54) is 186 Å². The molecular formula is C77H150O17P2. The average Bonchev–Trinajstić information content (AvgIpc) is 2.23. The summed E-state index contributed by atoms with van der Waals surface area (Å²) >= 11 is 0. The van der Waals surface area contributed by atoms with Gasteiger partial charge in [-0.15, -0.1) is 0 Å². The van der Waals surface area contributed by atoms with E-state index in [0.29, 0.717) is 31.6 Å². The van der Waals surface area contributed by atoms with Crippen molar-refractivity contribution in [2.24, 2.45) is 23.7 Å². The van der Waals surface area contributed by atoms with Crippen molar-refractivity contribution in [3.05, 3.63) is 0 Å². The number of hydrogen-bond donors (Lipinski definition) is 3. The fraction of sp³-hybridized carbons (Fsp3) is 0.948. The first-order valence-corrected chi connectivity index (χ1v) is 42.7. The first-order valence-electron chi connectivity index (χ1n) is 39.7. The molecular weight excluding hydrogens is 1260 g/mol. The van der Waals surface area contributed by atoms with Crippen molar-refractivity contribution in [1.82, 2.24) is 0 Å². The summed E-state index contributed by atoms with van der Waals surface area (Å²) in [5, 5.41) is 10.6. The third kappa shape index (κ3) is 69.2. The third-order valence-electron chi connectivity index (χ3n) is 18.2. The van der Waals surface area contributed by atoms with E-state index in [1.54, 1.807) is 0 Å². The average molecular weight is 1410 g/mol. The highest BCUT2D eigenvalue weighted by atomic mass is 31.2. The van der Waals surface area contributed by atoms with Crippen LogP contribution in [-0.2, 0) is 65.4 Å². The van der Waals surface area contributed by atoms with Gasteiger partial charge in [0.25, 0.3) is 0 Å². The minimum absolute atomic E-state index is 0.105. The van der Waals surface area contributed by atoms with E-state index in [4.69, 9.17) is 37.0 Å². The molecule has 0 aliphatic heterocycles. The van der Waals surface area contributed by atoms with Crippen molar-refractivity contribution in [2.45, 2.75) is 408 Å². The van der Waals surface area contributed by atoms with Gasteiger partial charge in [-0.25, -0.2) is 9.13 Å². The summed E-state index contributed by atoms with van der Waals surface area (Å²) in [6.07, 6.45) is 51.6. The molecule has 6 atom stereocenters. The Morgan fingerprint density at radius 1 is 0.292 bits per heavy atom. The van der Waals surface area contributed by atoms with Gasteiger partial charge in [0, 0.05) is 25.7 Å². The molecule has 3 N–H and O–H groups in total. The van der Waals surface area contributed by atoms with Crippen molar-refractivity contribution >= 4 is 39.5 Å². The van der Waals surface area contributed by atoms with Gasteiger partial charge in [-0.1, -0.05) is 338 Å². The highest BCUT2D eigenvalue weighted by molar-refractivity contribution is 7.47. The molecule has 0 saturated heterocycles. The first kappa shape index (κ1) is 94.1. The maximum atomic E-state index is 13.1. The number of carbonyl (C=O) groups excluding carboxylic acids is 4. The fourth-order valence-corrected chi connectivity index (χ4v) is 13.3. The molecule has 0 aromatic heterocycles. The molecule has 0 bridgehead atoms. The molecule has 0 fully saturated rings. The van der Waals surface area contributed by atoms with E-state index in [2.05, 4.69) is 55.4 Å². The van der Waals surface area contributed by atoms with Gasteiger partial charge < -0.3 is 33.8 Å². The molecule has 0 amide bonds. The maximum Gasteiger partial charge on any atom is 0.472 e. The molecule has 0 aliphatic rings. The Kier molecular flexibility index (Phi) is 65.0. The summed E-state index contributed by atoms with van der Waals surface area (Å²) in [4.78, 5) is 72.8. The number of hydrogen-bond acceptors (Lipinski definition) is 15. The van der Waals surface area contributed by atoms with Gasteiger partial charge in [0.2, 0.25) is 0 Å². The molecule has 3 unspecified atom stereocenters. The van der Waals surface area contributed by atoms with Crippen LogP contribution in [0.4, 0.5) is 0 Å². The predicted octanol–water partition coefficient (Wildman–Crippen LogP) is 22.4. The Balaban J connectivity index is 5.17. The number of rotatable bonds is 74. The van der Waals surface area contributed by atoms with Crippen LogP contribution in [0.5, 0.6) is 0 Å². The van der Waals surface area contributed by atoms with Crippen molar-refractivity contribution in [3.8, 4) is 0 Å². The standard InChI is InChI=1S/C77H150O17P2/c1-9-70(8)56-48-40-31-27-28-34-44-52-60-77(82)94-72(63-87-74(79)57-49-41-32-25-21-17-15-13-11-10-12-14-16-19-23-29-37-45-53-67(2)3)65-91-95(83,84)89-61-71(78)62-90-96(85,86)92-66-73(64-88-75(80)58-50-42-36-35-39-47-55-69(6)7)93-76(81)59-51-43-33-26-22-18-20-24-30-38-46-54-68(4)5/h67-73,78H,9-66H2,1-8H3,(H,83,84)(H,85,86)/t70?,71-,72-,73-/m1/s1. The van der Waals surface area contributed by atoms with Gasteiger partial charge in [0.05, 0.1) is 26.4 Å². The van der Waals surface area contributed by atoms with Crippen LogP contribution in [0.1, 0.15) is 389 Å². The zero-order valence-corrected chi connectivity index (χ0v) is 64.8. The highest BCUT2D eigenvalue weighted by Crippen LogP contribution is 2.45. The van der Waals surface area contributed by atoms with Crippen molar-refractivity contribution in [3.63, 3.8) is 0 Å². The number of esters is 4. The predicted molar refractivity (Wildman–Crippen MR) is 391 cm³/mol. The minimum atomic E-state index is -4.96. The first-order chi connectivity index (χ1) is 46.1. The topological polar surface area (TPSA) is 237 Å². The van der Waals surface area contributed by atoms with Gasteiger partial charge >= 0.3 is 39.5 Å². The number of ether oxygens (including phenoxy) is 4. The Labute approximate surface area is 588 Å².